The van der Waals surface area contributed by atoms with Gasteiger partial charge in [-0.3, -0.25) is 0 Å². The van der Waals surface area contributed by atoms with Crippen LogP contribution in [0.1, 0.15) is 5.56 Å². The van der Waals surface area contributed by atoms with Gasteiger partial charge in [0, 0.05) is 13.1 Å². The van der Waals surface area contributed by atoms with E-state index >= 15 is 0 Å². The average Bonchev–Trinajstić information content (AvgIpc) is 2.29. The normalized spacial score (nSPS) is 16.2. The molecule has 0 radical (unpaired) electrons. The fraction of sp³-hybridized carbons (Fsp3) is 0.364. The minimum Gasteiger partial charge on any atom is -0.389 e. The van der Waals surface area contributed by atoms with Crippen molar-refractivity contribution in [2.75, 3.05) is 31.2 Å². The zero-order chi connectivity index (χ0) is 11.5. The lowest BCUT2D eigenvalue weighted by atomic mass is 10.1. The number of nitrogens with zero attached hydrogens (tertiary/aromatic N) is 1. The molecule has 0 atom stereocenters. The van der Waals surface area contributed by atoms with Gasteiger partial charge in [0.15, 0.2) is 0 Å². The molecule has 0 amide bonds. The first-order valence-corrected chi connectivity index (χ1v) is 5.52. The van der Waals surface area contributed by atoms with Gasteiger partial charge in [0.25, 0.3) is 0 Å². The Labute approximate surface area is 99.0 Å². The van der Waals surface area contributed by atoms with Gasteiger partial charge in [-0.05, 0) is 12.1 Å². The maximum absolute atomic E-state index is 13.6. The van der Waals surface area contributed by atoms with E-state index in [1.54, 1.807) is 6.07 Å². The van der Waals surface area contributed by atoms with Crippen LogP contribution in [0.15, 0.2) is 18.2 Å². The van der Waals surface area contributed by atoms with Crippen molar-refractivity contribution in [1.29, 1.82) is 0 Å². The van der Waals surface area contributed by atoms with Crippen LogP contribution in [0.25, 0.3) is 0 Å². The van der Waals surface area contributed by atoms with Crippen LogP contribution < -0.4 is 10.6 Å². The van der Waals surface area contributed by atoms with E-state index in [9.17, 15) is 4.39 Å². The first-order valence-electron chi connectivity index (χ1n) is 5.11. The third-order valence-electron chi connectivity index (χ3n) is 2.59. The molecule has 1 saturated heterocycles. The van der Waals surface area contributed by atoms with Crippen LogP contribution in [-0.2, 0) is 4.74 Å². The van der Waals surface area contributed by atoms with Gasteiger partial charge in [0.05, 0.1) is 24.5 Å². The molecule has 0 aliphatic carbocycles. The average molecular weight is 240 g/mol. The molecular formula is C11H13FN2OS. The molecule has 0 aromatic heterocycles. The van der Waals surface area contributed by atoms with E-state index in [-0.39, 0.29) is 10.8 Å². The van der Waals surface area contributed by atoms with Gasteiger partial charge in [-0.15, -0.1) is 0 Å². The lowest BCUT2D eigenvalue weighted by Crippen LogP contribution is -2.37. The van der Waals surface area contributed by atoms with Gasteiger partial charge in [-0.25, -0.2) is 4.39 Å². The van der Waals surface area contributed by atoms with E-state index in [1.165, 1.54) is 6.07 Å². The highest BCUT2D eigenvalue weighted by Gasteiger charge is 2.18. The number of hydrogen-bond acceptors (Lipinski definition) is 3. The fourth-order valence-electron chi connectivity index (χ4n) is 1.82. The topological polar surface area (TPSA) is 38.5 Å². The Balaban J connectivity index is 2.38. The Morgan fingerprint density at radius 1 is 1.38 bits per heavy atom. The molecular weight excluding hydrogens is 227 g/mol. The summed E-state index contributed by atoms with van der Waals surface area (Å²) in [5.74, 6) is -0.364. The quantitative estimate of drug-likeness (QED) is 0.791. The summed E-state index contributed by atoms with van der Waals surface area (Å²) in [4.78, 5) is 2.14. The van der Waals surface area contributed by atoms with Crippen LogP contribution in [0.5, 0.6) is 0 Å². The minimum absolute atomic E-state index is 0.0968. The van der Waals surface area contributed by atoms with E-state index in [0.29, 0.717) is 18.8 Å². The zero-order valence-electron chi connectivity index (χ0n) is 8.78. The molecule has 16 heavy (non-hydrogen) atoms. The molecule has 1 aromatic carbocycles. The van der Waals surface area contributed by atoms with E-state index < -0.39 is 0 Å². The summed E-state index contributed by atoms with van der Waals surface area (Å²) in [6.07, 6.45) is 0. The van der Waals surface area contributed by atoms with E-state index in [1.807, 2.05) is 11.0 Å². The number of ether oxygens (including phenoxy) is 1. The Morgan fingerprint density at radius 2 is 2.06 bits per heavy atom. The third kappa shape index (κ3) is 2.15. The van der Waals surface area contributed by atoms with Crippen LogP contribution in [0.2, 0.25) is 0 Å². The Hall–Kier alpha value is -1.20. The smallest absolute Gasteiger partial charge is 0.135 e. The third-order valence-corrected chi connectivity index (χ3v) is 2.79. The highest BCUT2D eigenvalue weighted by atomic mass is 32.1. The number of hydrogen-bond donors (Lipinski definition) is 1. The summed E-state index contributed by atoms with van der Waals surface area (Å²) in [6, 6.07) is 4.88. The van der Waals surface area contributed by atoms with Crippen LogP contribution in [0, 0.1) is 5.82 Å². The second-order valence-corrected chi connectivity index (χ2v) is 4.04. The molecule has 5 heteroatoms. The number of nitrogens with two attached hydrogens (primary N) is 1. The van der Waals surface area contributed by atoms with Crippen molar-refractivity contribution in [2.24, 2.45) is 5.73 Å². The Kier molecular flexibility index (Phi) is 3.36. The van der Waals surface area contributed by atoms with Crippen LogP contribution in [-0.4, -0.2) is 31.3 Å². The predicted octanol–water partition coefficient (Wildman–Crippen LogP) is 1.30. The SMILES string of the molecule is NC(=S)c1c(F)cccc1N1CCOCC1. The molecule has 1 fully saturated rings. The standard InChI is InChI=1S/C11H13FN2OS/c12-8-2-1-3-9(10(8)11(13)16)14-4-6-15-7-5-14/h1-3H,4-7H2,(H2,13,16). The largest absolute Gasteiger partial charge is 0.389 e. The molecule has 1 aliphatic heterocycles. The van der Waals surface area contributed by atoms with Crippen LogP contribution in [0.4, 0.5) is 10.1 Å². The van der Waals surface area contributed by atoms with Crippen molar-refractivity contribution < 1.29 is 9.13 Å². The van der Waals surface area contributed by atoms with E-state index in [0.717, 1.165) is 18.8 Å². The van der Waals surface area contributed by atoms with Crippen LogP contribution in [0.3, 0.4) is 0 Å². The number of rotatable bonds is 2. The van der Waals surface area contributed by atoms with Gasteiger partial charge in [-0.1, -0.05) is 18.3 Å². The molecule has 1 aromatic rings. The van der Waals surface area contributed by atoms with Crippen molar-refractivity contribution in [3.05, 3.63) is 29.6 Å². The summed E-state index contributed by atoms with van der Waals surface area (Å²) in [7, 11) is 0. The zero-order valence-corrected chi connectivity index (χ0v) is 9.60. The Bertz CT molecular complexity index is 405. The van der Waals surface area contributed by atoms with Crippen molar-refractivity contribution in [1.82, 2.24) is 0 Å². The van der Waals surface area contributed by atoms with E-state index in [2.05, 4.69) is 0 Å². The van der Waals surface area contributed by atoms with Crippen molar-refractivity contribution >= 4 is 22.9 Å². The molecule has 3 nitrogen and oxygen atoms in total. The molecule has 1 aliphatic rings. The fourth-order valence-corrected chi connectivity index (χ4v) is 2.03. The summed E-state index contributed by atoms with van der Waals surface area (Å²) < 4.78 is 18.9. The summed E-state index contributed by atoms with van der Waals surface area (Å²) >= 11 is 4.89. The van der Waals surface area contributed by atoms with Gasteiger partial charge >= 0.3 is 0 Å². The van der Waals surface area contributed by atoms with Crippen molar-refractivity contribution in [2.45, 2.75) is 0 Å². The molecule has 86 valence electrons. The number of morpholine rings is 1. The van der Waals surface area contributed by atoms with Gasteiger partial charge in [-0.2, -0.15) is 0 Å². The van der Waals surface area contributed by atoms with Crippen LogP contribution >= 0.6 is 12.2 Å². The number of anilines is 1. The Morgan fingerprint density at radius 3 is 2.69 bits per heavy atom. The summed E-state index contributed by atoms with van der Waals surface area (Å²) in [5, 5.41) is 0. The van der Waals surface area contributed by atoms with E-state index in [4.69, 9.17) is 22.7 Å². The monoisotopic (exact) mass is 240 g/mol. The number of thiocarbonyl (C=S) groups is 1. The lowest BCUT2D eigenvalue weighted by Gasteiger charge is -2.30. The molecule has 0 unspecified atom stereocenters. The second-order valence-electron chi connectivity index (χ2n) is 3.60. The predicted molar refractivity (Wildman–Crippen MR) is 65.3 cm³/mol. The maximum Gasteiger partial charge on any atom is 0.135 e. The molecule has 2 N–H and O–H groups in total. The van der Waals surface area contributed by atoms with Crippen molar-refractivity contribution in [3.8, 4) is 0 Å². The van der Waals surface area contributed by atoms with Gasteiger partial charge in [0.2, 0.25) is 0 Å². The number of halogens is 1. The molecule has 0 bridgehead atoms. The highest BCUT2D eigenvalue weighted by molar-refractivity contribution is 7.80. The summed E-state index contributed by atoms with van der Waals surface area (Å²) in [6.45, 7) is 2.76. The molecule has 2 rings (SSSR count). The summed E-state index contributed by atoms with van der Waals surface area (Å²) in [5.41, 5.74) is 6.65. The first-order chi connectivity index (χ1) is 7.70. The first kappa shape index (κ1) is 11.3. The highest BCUT2D eigenvalue weighted by Crippen LogP contribution is 2.23. The number of benzene rings is 1. The molecule has 1 heterocycles. The lowest BCUT2D eigenvalue weighted by molar-refractivity contribution is 0.122. The molecule has 0 saturated carbocycles. The second kappa shape index (κ2) is 4.76. The van der Waals surface area contributed by atoms with Gasteiger partial charge < -0.3 is 15.4 Å². The van der Waals surface area contributed by atoms with Gasteiger partial charge in [0.1, 0.15) is 10.8 Å². The molecule has 0 spiro atoms. The maximum atomic E-state index is 13.6. The minimum atomic E-state index is -0.364. The van der Waals surface area contributed by atoms with Crippen molar-refractivity contribution in [3.63, 3.8) is 0 Å².